The standard InChI is InChI=1S/C10H10INO3S/c1-2-3-7(10(14)15)12-9(13)6-4-8(11)16-5-6/h2,4-5,7H,1,3H2,(H,12,13)(H,14,15). The molecular weight excluding hydrogens is 341 g/mol. The van der Waals surface area contributed by atoms with Gasteiger partial charge in [-0.1, -0.05) is 6.08 Å². The summed E-state index contributed by atoms with van der Waals surface area (Å²) < 4.78 is 0.985. The molecule has 1 amide bonds. The van der Waals surface area contributed by atoms with Crippen molar-refractivity contribution in [3.8, 4) is 0 Å². The maximum atomic E-state index is 11.6. The minimum atomic E-state index is -1.06. The zero-order chi connectivity index (χ0) is 12.1. The quantitative estimate of drug-likeness (QED) is 0.631. The van der Waals surface area contributed by atoms with Gasteiger partial charge in [-0.2, -0.15) is 0 Å². The number of aliphatic carboxylic acids is 1. The molecule has 86 valence electrons. The third-order valence-electron chi connectivity index (χ3n) is 1.84. The SMILES string of the molecule is C=CCC(NC(=O)c1csc(I)c1)C(=O)O. The van der Waals surface area contributed by atoms with Crippen LogP contribution in [0.1, 0.15) is 16.8 Å². The first-order valence-corrected chi connectivity index (χ1v) is 6.39. The number of carbonyl (C=O) groups is 2. The molecule has 1 aromatic heterocycles. The summed E-state index contributed by atoms with van der Waals surface area (Å²) in [4.78, 5) is 22.4. The maximum absolute atomic E-state index is 11.6. The molecule has 0 bridgehead atoms. The normalized spacial score (nSPS) is 11.8. The van der Waals surface area contributed by atoms with Crippen molar-refractivity contribution in [2.75, 3.05) is 0 Å². The topological polar surface area (TPSA) is 66.4 Å². The van der Waals surface area contributed by atoms with Gasteiger partial charge in [0.05, 0.1) is 8.45 Å². The minimum Gasteiger partial charge on any atom is -0.480 e. The average molecular weight is 351 g/mol. The molecule has 0 aliphatic carbocycles. The lowest BCUT2D eigenvalue weighted by molar-refractivity contribution is -0.139. The number of hydrogen-bond acceptors (Lipinski definition) is 3. The van der Waals surface area contributed by atoms with Gasteiger partial charge < -0.3 is 10.4 Å². The molecule has 2 N–H and O–H groups in total. The van der Waals surface area contributed by atoms with Crippen molar-refractivity contribution in [3.05, 3.63) is 32.5 Å². The Morgan fingerprint density at radius 3 is 2.81 bits per heavy atom. The Balaban J connectivity index is 2.68. The Kier molecular flexibility index (Phi) is 4.94. The second-order valence-electron chi connectivity index (χ2n) is 3.03. The largest absolute Gasteiger partial charge is 0.480 e. The lowest BCUT2D eigenvalue weighted by atomic mass is 10.2. The summed E-state index contributed by atoms with van der Waals surface area (Å²) in [6, 6.07) is 0.801. The molecule has 1 rings (SSSR count). The summed E-state index contributed by atoms with van der Waals surface area (Å²) in [6.45, 7) is 3.45. The number of hydrogen-bond donors (Lipinski definition) is 2. The molecule has 0 aliphatic rings. The first-order valence-electron chi connectivity index (χ1n) is 4.43. The van der Waals surface area contributed by atoms with Crippen LogP contribution in [0.3, 0.4) is 0 Å². The minimum absolute atomic E-state index is 0.211. The molecule has 1 aromatic rings. The van der Waals surface area contributed by atoms with Crippen molar-refractivity contribution in [1.29, 1.82) is 0 Å². The van der Waals surface area contributed by atoms with Crippen LogP contribution in [0.25, 0.3) is 0 Å². The van der Waals surface area contributed by atoms with E-state index in [0.717, 1.165) is 2.88 Å². The van der Waals surface area contributed by atoms with Crippen molar-refractivity contribution < 1.29 is 14.7 Å². The van der Waals surface area contributed by atoms with Crippen molar-refractivity contribution in [2.24, 2.45) is 0 Å². The van der Waals surface area contributed by atoms with Gasteiger partial charge in [-0.3, -0.25) is 4.79 Å². The highest BCUT2D eigenvalue weighted by Crippen LogP contribution is 2.16. The van der Waals surface area contributed by atoms with Crippen LogP contribution in [0.2, 0.25) is 0 Å². The molecule has 0 radical (unpaired) electrons. The van der Waals surface area contributed by atoms with Crippen LogP contribution >= 0.6 is 33.9 Å². The lowest BCUT2D eigenvalue weighted by Crippen LogP contribution is -2.40. The van der Waals surface area contributed by atoms with Gasteiger partial charge in [-0.05, 0) is 35.1 Å². The number of carboxylic acid groups (broad SMARTS) is 1. The van der Waals surface area contributed by atoms with Crippen LogP contribution in [0.5, 0.6) is 0 Å². The second-order valence-corrected chi connectivity index (χ2v) is 5.83. The number of halogens is 1. The molecule has 0 saturated carbocycles. The summed E-state index contributed by atoms with van der Waals surface area (Å²) in [5, 5.41) is 13.0. The van der Waals surface area contributed by atoms with Crippen molar-refractivity contribution in [3.63, 3.8) is 0 Å². The van der Waals surface area contributed by atoms with Gasteiger partial charge in [0.1, 0.15) is 6.04 Å². The van der Waals surface area contributed by atoms with E-state index in [9.17, 15) is 9.59 Å². The summed E-state index contributed by atoms with van der Waals surface area (Å²) >= 11 is 3.54. The van der Waals surface area contributed by atoms with Crippen molar-refractivity contribution in [1.82, 2.24) is 5.32 Å². The van der Waals surface area contributed by atoms with Crippen LogP contribution in [-0.4, -0.2) is 23.0 Å². The van der Waals surface area contributed by atoms with Gasteiger partial charge in [0, 0.05) is 5.38 Å². The average Bonchev–Trinajstić information content (AvgIpc) is 2.64. The van der Waals surface area contributed by atoms with Crippen molar-refractivity contribution in [2.45, 2.75) is 12.5 Å². The van der Waals surface area contributed by atoms with Crippen LogP contribution < -0.4 is 5.32 Å². The van der Waals surface area contributed by atoms with Crippen molar-refractivity contribution >= 4 is 45.8 Å². The van der Waals surface area contributed by atoms with E-state index in [0.29, 0.717) is 5.56 Å². The van der Waals surface area contributed by atoms with Gasteiger partial charge >= 0.3 is 5.97 Å². The van der Waals surface area contributed by atoms with E-state index in [1.807, 2.05) is 0 Å². The Hall–Kier alpha value is -0.890. The summed E-state index contributed by atoms with van der Waals surface area (Å²) in [5.41, 5.74) is 0.490. The van der Waals surface area contributed by atoms with E-state index in [1.54, 1.807) is 11.4 Å². The Labute approximate surface area is 111 Å². The Bertz CT molecular complexity index is 416. The first kappa shape index (κ1) is 13.2. The molecule has 1 heterocycles. The fourth-order valence-electron chi connectivity index (χ4n) is 1.06. The predicted molar refractivity (Wildman–Crippen MR) is 70.7 cm³/mol. The van der Waals surface area contributed by atoms with E-state index < -0.39 is 12.0 Å². The number of nitrogens with one attached hydrogen (secondary N) is 1. The van der Waals surface area contributed by atoms with Gasteiger partial charge in [0.25, 0.3) is 5.91 Å². The second kappa shape index (κ2) is 6.00. The van der Waals surface area contributed by atoms with Crippen LogP contribution in [-0.2, 0) is 4.79 Å². The molecule has 0 aliphatic heterocycles. The highest BCUT2D eigenvalue weighted by Gasteiger charge is 2.19. The van der Waals surface area contributed by atoms with Gasteiger partial charge in [-0.15, -0.1) is 17.9 Å². The number of amides is 1. The molecule has 0 spiro atoms. The van der Waals surface area contributed by atoms with E-state index in [2.05, 4.69) is 34.5 Å². The number of carbonyl (C=O) groups excluding carboxylic acids is 1. The molecule has 0 aromatic carbocycles. The molecule has 0 fully saturated rings. The smallest absolute Gasteiger partial charge is 0.326 e. The van der Waals surface area contributed by atoms with E-state index in [-0.39, 0.29) is 12.3 Å². The van der Waals surface area contributed by atoms with E-state index in [4.69, 9.17) is 5.11 Å². The zero-order valence-corrected chi connectivity index (χ0v) is 11.2. The fourth-order valence-corrected chi connectivity index (χ4v) is 2.39. The molecule has 4 nitrogen and oxygen atoms in total. The van der Waals surface area contributed by atoms with Crippen LogP contribution in [0.4, 0.5) is 0 Å². The lowest BCUT2D eigenvalue weighted by Gasteiger charge is -2.11. The fraction of sp³-hybridized carbons (Fsp3) is 0.200. The van der Waals surface area contributed by atoms with Gasteiger partial charge in [-0.25, -0.2) is 4.79 Å². The third-order valence-corrected chi connectivity index (χ3v) is 3.62. The summed E-state index contributed by atoms with van der Waals surface area (Å²) in [5.74, 6) is -1.42. The zero-order valence-electron chi connectivity index (χ0n) is 8.27. The Morgan fingerprint density at radius 1 is 1.69 bits per heavy atom. The monoisotopic (exact) mass is 351 g/mol. The maximum Gasteiger partial charge on any atom is 0.326 e. The molecular formula is C10H10INO3S. The van der Waals surface area contributed by atoms with Crippen LogP contribution in [0.15, 0.2) is 24.1 Å². The number of rotatable bonds is 5. The molecule has 16 heavy (non-hydrogen) atoms. The number of carboxylic acids is 1. The first-order chi connectivity index (χ1) is 7.54. The molecule has 1 unspecified atom stereocenters. The molecule has 1 atom stereocenters. The summed E-state index contributed by atoms with van der Waals surface area (Å²) in [7, 11) is 0. The van der Waals surface area contributed by atoms with Gasteiger partial charge in [0.2, 0.25) is 0 Å². The molecule has 6 heteroatoms. The highest BCUT2D eigenvalue weighted by molar-refractivity contribution is 14.1. The summed E-state index contributed by atoms with van der Waals surface area (Å²) in [6.07, 6.45) is 1.68. The third kappa shape index (κ3) is 3.60. The predicted octanol–water partition coefficient (Wildman–Crippen LogP) is 2.11. The van der Waals surface area contributed by atoms with E-state index in [1.165, 1.54) is 17.4 Å². The van der Waals surface area contributed by atoms with Crippen LogP contribution in [0, 0.1) is 2.88 Å². The Morgan fingerprint density at radius 2 is 2.38 bits per heavy atom. The van der Waals surface area contributed by atoms with E-state index >= 15 is 0 Å². The number of thiophene rings is 1. The molecule has 0 saturated heterocycles. The highest BCUT2D eigenvalue weighted by atomic mass is 127. The van der Waals surface area contributed by atoms with Gasteiger partial charge in [0.15, 0.2) is 0 Å².